The summed E-state index contributed by atoms with van der Waals surface area (Å²) in [5.41, 5.74) is 6.31. The lowest BCUT2D eigenvalue weighted by molar-refractivity contribution is -0.142. The van der Waals surface area contributed by atoms with Crippen LogP contribution in [0.1, 0.15) is 13.8 Å². The molecule has 2 aromatic heterocycles. The molecule has 1 atom stereocenters. The number of benzene rings is 1. The fourth-order valence-electron chi connectivity index (χ4n) is 3.46. The van der Waals surface area contributed by atoms with Crippen molar-refractivity contribution in [1.82, 2.24) is 24.3 Å². The van der Waals surface area contributed by atoms with Crippen molar-refractivity contribution >= 4 is 5.91 Å². The predicted molar refractivity (Wildman–Crippen MR) is 107 cm³/mol. The van der Waals surface area contributed by atoms with Gasteiger partial charge in [-0.2, -0.15) is 18.3 Å². The summed E-state index contributed by atoms with van der Waals surface area (Å²) >= 11 is 0. The minimum absolute atomic E-state index is 0.0200. The van der Waals surface area contributed by atoms with E-state index < -0.39 is 24.7 Å². The summed E-state index contributed by atoms with van der Waals surface area (Å²) in [5, 5.41) is 3.67. The first-order valence-electron chi connectivity index (χ1n) is 9.87. The normalized spacial score (nSPS) is 14.3. The monoisotopic (exact) mass is 450 g/mol. The van der Waals surface area contributed by atoms with Crippen LogP contribution >= 0.6 is 0 Å². The summed E-state index contributed by atoms with van der Waals surface area (Å²) in [6.07, 6.45) is -2.55. The van der Waals surface area contributed by atoms with Crippen molar-refractivity contribution in [2.75, 3.05) is 6.61 Å². The molecule has 2 N–H and O–H groups in total. The lowest BCUT2D eigenvalue weighted by atomic mass is 10.1. The molecule has 0 saturated heterocycles. The maximum atomic E-state index is 12.8. The molecule has 1 aliphatic heterocycles. The van der Waals surface area contributed by atoms with Gasteiger partial charge < -0.3 is 19.8 Å². The van der Waals surface area contributed by atoms with E-state index in [4.69, 9.17) is 15.2 Å². The van der Waals surface area contributed by atoms with Gasteiger partial charge in [-0.1, -0.05) is 13.8 Å². The molecule has 32 heavy (non-hydrogen) atoms. The maximum Gasteiger partial charge on any atom is 0.408 e. The molecule has 3 aromatic rings. The SMILES string of the molecule is CC(C)[C@@H](Oc1ccc2c(c1)OCCn1cc(-c3ncnn3CC(F)(F)F)nc1-2)C(N)=O. The van der Waals surface area contributed by atoms with E-state index in [9.17, 15) is 18.0 Å². The van der Waals surface area contributed by atoms with Gasteiger partial charge in [-0.25, -0.2) is 14.6 Å². The third-order valence-corrected chi connectivity index (χ3v) is 4.88. The molecule has 0 bridgehead atoms. The van der Waals surface area contributed by atoms with Gasteiger partial charge in [0.2, 0.25) is 0 Å². The zero-order valence-electron chi connectivity index (χ0n) is 17.3. The first kappa shape index (κ1) is 21.7. The number of carbonyl (C=O) groups is 1. The molecule has 4 rings (SSSR count). The largest absolute Gasteiger partial charge is 0.491 e. The van der Waals surface area contributed by atoms with Gasteiger partial charge in [-0.05, 0) is 18.1 Å². The highest BCUT2D eigenvalue weighted by Gasteiger charge is 2.31. The number of primary amides is 1. The Morgan fingerprint density at radius 2 is 2.09 bits per heavy atom. The molecule has 170 valence electrons. The van der Waals surface area contributed by atoms with E-state index in [2.05, 4.69) is 15.1 Å². The van der Waals surface area contributed by atoms with Gasteiger partial charge in [-0.3, -0.25) is 4.79 Å². The molecule has 1 aromatic carbocycles. The molecule has 1 aliphatic rings. The number of aromatic nitrogens is 5. The second-order valence-corrected chi connectivity index (χ2v) is 7.69. The Morgan fingerprint density at radius 3 is 2.78 bits per heavy atom. The van der Waals surface area contributed by atoms with Crippen LogP contribution in [0.5, 0.6) is 11.5 Å². The van der Waals surface area contributed by atoms with Crippen LogP contribution in [0, 0.1) is 5.92 Å². The number of alkyl halides is 3. The second-order valence-electron chi connectivity index (χ2n) is 7.69. The molecular weight excluding hydrogens is 429 g/mol. The lowest BCUT2D eigenvalue weighted by Gasteiger charge is -2.20. The standard InChI is InChI=1S/C20H21F3N6O3/c1-11(2)16(17(24)30)32-12-3-4-13-15(7-12)31-6-5-28-8-14(27-18(13)28)19-25-10-26-29(19)9-20(21,22)23/h3-4,7-8,10-11,16H,5-6,9H2,1-2H3,(H2,24,30)/t16-/m1/s1. The van der Waals surface area contributed by atoms with Gasteiger partial charge in [0, 0.05) is 12.3 Å². The molecule has 0 fully saturated rings. The lowest BCUT2D eigenvalue weighted by Crippen LogP contribution is -2.37. The van der Waals surface area contributed by atoms with Crippen molar-refractivity contribution in [3.8, 4) is 34.4 Å². The van der Waals surface area contributed by atoms with Crippen LogP contribution in [-0.2, 0) is 17.9 Å². The zero-order valence-corrected chi connectivity index (χ0v) is 17.3. The zero-order chi connectivity index (χ0) is 23.0. The quantitative estimate of drug-likeness (QED) is 0.618. The van der Waals surface area contributed by atoms with Crippen LogP contribution in [0.15, 0.2) is 30.7 Å². The van der Waals surface area contributed by atoms with E-state index in [1.54, 1.807) is 29.0 Å². The average Bonchev–Trinajstić information content (AvgIpc) is 3.27. The molecule has 1 amide bonds. The van der Waals surface area contributed by atoms with E-state index in [1.165, 1.54) is 0 Å². The highest BCUT2D eigenvalue weighted by Crippen LogP contribution is 2.36. The van der Waals surface area contributed by atoms with Crippen molar-refractivity contribution in [2.45, 2.75) is 39.2 Å². The van der Waals surface area contributed by atoms with Gasteiger partial charge in [0.05, 0.1) is 12.1 Å². The number of fused-ring (bicyclic) bond motifs is 3. The number of carbonyl (C=O) groups excluding carboxylic acids is 1. The summed E-state index contributed by atoms with van der Waals surface area (Å²) in [4.78, 5) is 20.1. The van der Waals surface area contributed by atoms with Gasteiger partial charge in [0.1, 0.15) is 42.5 Å². The molecule has 0 spiro atoms. The summed E-state index contributed by atoms with van der Waals surface area (Å²) in [6, 6.07) is 5.03. The van der Waals surface area contributed by atoms with Crippen molar-refractivity contribution in [1.29, 1.82) is 0 Å². The molecular formula is C20H21F3N6O3. The fourth-order valence-corrected chi connectivity index (χ4v) is 3.46. The number of amides is 1. The molecule has 0 unspecified atom stereocenters. The van der Waals surface area contributed by atoms with Gasteiger partial charge in [0.15, 0.2) is 11.9 Å². The number of hydrogen-bond donors (Lipinski definition) is 1. The minimum atomic E-state index is -4.44. The first-order valence-corrected chi connectivity index (χ1v) is 9.87. The average molecular weight is 450 g/mol. The van der Waals surface area contributed by atoms with Crippen LogP contribution in [0.2, 0.25) is 0 Å². The van der Waals surface area contributed by atoms with E-state index in [0.29, 0.717) is 36.0 Å². The number of halogens is 3. The van der Waals surface area contributed by atoms with Crippen LogP contribution in [0.25, 0.3) is 22.9 Å². The van der Waals surface area contributed by atoms with E-state index in [1.807, 2.05) is 13.8 Å². The Morgan fingerprint density at radius 1 is 1.31 bits per heavy atom. The number of hydrogen-bond acceptors (Lipinski definition) is 6. The van der Waals surface area contributed by atoms with Crippen LogP contribution in [0.3, 0.4) is 0 Å². The molecule has 0 aliphatic carbocycles. The Kier molecular flexibility index (Phi) is 5.53. The number of nitrogens with two attached hydrogens (primary N) is 1. The topological polar surface area (TPSA) is 110 Å². The Bertz CT molecular complexity index is 1140. The third kappa shape index (κ3) is 4.39. The highest BCUT2D eigenvalue weighted by molar-refractivity contribution is 5.79. The van der Waals surface area contributed by atoms with E-state index in [0.717, 1.165) is 11.0 Å². The Balaban J connectivity index is 1.67. The summed E-state index contributed by atoms with van der Waals surface area (Å²) in [6.45, 7) is 3.12. The van der Waals surface area contributed by atoms with Crippen molar-refractivity contribution < 1.29 is 27.4 Å². The molecule has 3 heterocycles. The minimum Gasteiger partial charge on any atom is -0.491 e. The van der Waals surface area contributed by atoms with Crippen molar-refractivity contribution in [2.24, 2.45) is 11.7 Å². The highest BCUT2D eigenvalue weighted by atomic mass is 19.4. The van der Waals surface area contributed by atoms with Gasteiger partial charge in [0.25, 0.3) is 5.91 Å². The third-order valence-electron chi connectivity index (χ3n) is 4.88. The van der Waals surface area contributed by atoms with Gasteiger partial charge >= 0.3 is 6.18 Å². The van der Waals surface area contributed by atoms with Gasteiger partial charge in [-0.15, -0.1) is 0 Å². The first-order chi connectivity index (χ1) is 15.1. The summed E-state index contributed by atoms with van der Waals surface area (Å²) in [7, 11) is 0. The van der Waals surface area contributed by atoms with Crippen LogP contribution in [0.4, 0.5) is 13.2 Å². The van der Waals surface area contributed by atoms with E-state index >= 15 is 0 Å². The summed E-state index contributed by atoms with van der Waals surface area (Å²) in [5.74, 6) is 0.720. The van der Waals surface area contributed by atoms with Crippen LogP contribution < -0.4 is 15.2 Å². The second kappa shape index (κ2) is 8.17. The molecule has 9 nitrogen and oxygen atoms in total. The maximum absolute atomic E-state index is 12.8. The molecule has 12 heteroatoms. The number of rotatable bonds is 6. The smallest absolute Gasteiger partial charge is 0.408 e. The van der Waals surface area contributed by atoms with Crippen molar-refractivity contribution in [3.63, 3.8) is 0 Å². The molecule has 0 radical (unpaired) electrons. The number of nitrogens with zero attached hydrogens (tertiary/aromatic N) is 5. The number of ether oxygens (including phenoxy) is 2. The summed E-state index contributed by atoms with van der Waals surface area (Å²) < 4.78 is 52.7. The van der Waals surface area contributed by atoms with Crippen LogP contribution in [-0.4, -0.2) is 49.1 Å². The fraction of sp³-hybridized carbons (Fsp3) is 0.400. The van der Waals surface area contributed by atoms with E-state index in [-0.39, 0.29) is 17.4 Å². The Hall–Kier alpha value is -3.57. The number of imidazole rings is 1. The molecule has 0 saturated carbocycles. The predicted octanol–water partition coefficient (Wildman–Crippen LogP) is 2.65. The Labute approximate surface area is 181 Å². The van der Waals surface area contributed by atoms with Crippen molar-refractivity contribution in [3.05, 3.63) is 30.7 Å².